The summed E-state index contributed by atoms with van der Waals surface area (Å²) in [6.07, 6.45) is 1.44. The zero-order valence-corrected chi connectivity index (χ0v) is 9.96. The van der Waals surface area contributed by atoms with Gasteiger partial charge in [0.05, 0.1) is 5.69 Å². The number of aromatic nitrogens is 6. The Morgan fingerprint density at radius 1 is 1.35 bits per heavy atom. The van der Waals surface area contributed by atoms with Crippen molar-refractivity contribution in [2.75, 3.05) is 11.1 Å². The van der Waals surface area contributed by atoms with E-state index in [4.69, 9.17) is 5.73 Å². The molecule has 0 saturated carbocycles. The van der Waals surface area contributed by atoms with Crippen LogP contribution in [0.4, 0.5) is 11.5 Å². The van der Waals surface area contributed by atoms with Crippen LogP contribution in [0.3, 0.4) is 0 Å². The molecule has 0 spiro atoms. The molecular weight excluding hydrogens is 264 g/mol. The zero-order valence-electron chi connectivity index (χ0n) is 9.96. The summed E-state index contributed by atoms with van der Waals surface area (Å²) in [5.41, 5.74) is 6.60. The second kappa shape index (κ2) is 4.76. The van der Waals surface area contributed by atoms with E-state index in [1.807, 2.05) is 0 Å². The molecule has 0 aliphatic carbocycles. The minimum atomic E-state index is -0.516. The quantitative estimate of drug-likeness (QED) is 0.672. The molecule has 0 atom stereocenters. The van der Waals surface area contributed by atoms with Gasteiger partial charge >= 0.3 is 0 Å². The Kier molecular flexibility index (Phi) is 2.80. The molecule has 0 radical (unpaired) electrons. The smallest absolute Gasteiger partial charge is 0.281 e. The summed E-state index contributed by atoms with van der Waals surface area (Å²) < 4.78 is 5.83. The molecule has 10 heteroatoms. The van der Waals surface area contributed by atoms with Gasteiger partial charge in [0.15, 0.2) is 0 Å². The number of benzene rings is 1. The molecule has 20 heavy (non-hydrogen) atoms. The highest BCUT2D eigenvalue weighted by molar-refractivity contribution is 6.05. The molecule has 1 aromatic carbocycles. The predicted octanol–water partition coefficient (Wildman–Crippen LogP) is -0.120. The van der Waals surface area contributed by atoms with Crippen LogP contribution in [-0.4, -0.2) is 36.4 Å². The Morgan fingerprint density at radius 2 is 2.25 bits per heavy atom. The van der Waals surface area contributed by atoms with E-state index in [0.29, 0.717) is 11.4 Å². The molecule has 10 nitrogen and oxygen atoms in total. The lowest BCUT2D eigenvalue weighted by Gasteiger charge is -2.05. The highest BCUT2D eigenvalue weighted by Gasteiger charge is 2.16. The fourth-order valence-corrected chi connectivity index (χ4v) is 1.55. The van der Waals surface area contributed by atoms with E-state index in [1.54, 1.807) is 24.3 Å². The first-order chi connectivity index (χ1) is 9.74. The predicted molar refractivity (Wildman–Crippen MR) is 65.8 cm³/mol. The number of carbonyl (C=O) groups is 1. The van der Waals surface area contributed by atoms with E-state index < -0.39 is 5.91 Å². The van der Waals surface area contributed by atoms with Crippen molar-refractivity contribution in [2.24, 2.45) is 0 Å². The molecule has 3 rings (SSSR count). The van der Waals surface area contributed by atoms with Crippen molar-refractivity contribution >= 4 is 17.4 Å². The molecule has 0 aliphatic heterocycles. The van der Waals surface area contributed by atoms with Crippen LogP contribution in [0.2, 0.25) is 0 Å². The van der Waals surface area contributed by atoms with Crippen LogP contribution >= 0.6 is 0 Å². The number of tetrazole rings is 1. The van der Waals surface area contributed by atoms with Crippen LogP contribution < -0.4 is 11.1 Å². The largest absolute Gasteiger partial charge is 0.379 e. The summed E-state index contributed by atoms with van der Waals surface area (Å²) in [6.45, 7) is 0. The summed E-state index contributed by atoms with van der Waals surface area (Å²) in [4.78, 5) is 11.9. The number of nitrogens with two attached hydrogens (primary N) is 1. The summed E-state index contributed by atoms with van der Waals surface area (Å²) >= 11 is 0. The van der Waals surface area contributed by atoms with E-state index in [1.165, 1.54) is 11.0 Å². The highest BCUT2D eigenvalue weighted by atomic mass is 16.6. The molecule has 0 aliphatic rings. The van der Waals surface area contributed by atoms with Crippen LogP contribution in [0.15, 0.2) is 35.2 Å². The van der Waals surface area contributed by atoms with Crippen LogP contribution in [0.5, 0.6) is 0 Å². The Bertz CT molecular complexity index is 735. The minimum absolute atomic E-state index is 0.0702. The van der Waals surface area contributed by atoms with Crippen LogP contribution in [0, 0.1) is 0 Å². The number of anilines is 2. The maximum absolute atomic E-state index is 11.9. The fraction of sp³-hybridized carbons (Fsp3) is 0. The highest BCUT2D eigenvalue weighted by Crippen LogP contribution is 2.15. The second-order valence-corrected chi connectivity index (χ2v) is 3.76. The fourth-order valence-electron chi connectivity index (χ4n) is 1.55. The molecule has 1 amide bonds. The minimum Gasteiger partial charge on any atom is -0.379 e. The standard InChI is InChI=1S/C10H8N8O2/c11-9-8(14-20-15-9)10(19)13-6-2-1-3-7(4-6)18-5-12-16-17-18/h1-5H,(H2,11,15)(H,13,19). The van der Waals surface area contributed by atoms with E-state index in [9.17, 15) is 4.79 Å². The second-order valence-electron chi connectivity index (χ2n) is 3.76. The van der Waals surface area contributed by atoms with Gasteiger partial charge in [-0.25, -0.2) is 9.31 Å². The van der Waals surface area contributed by atoms with Crippen molar-refractivity contribution in [1.82, 2.24) is 30.5 Å². The number of nitrogens with one attached hydrogen (secondary N) is 1. The van der Waals surface area contributed by atoms with E-state index in [0.717, 1.165) is 0 Å². The van der Waals surface area contributed by atoms with E-state index >= 15 is 0 Å². The lowest BCUT2D eigenvalue weighted by Crippen LogP contribution is -2.14. The maximum atomic E-state index is 11.9. The van der Waals surface area contributed by atoms with Crippen molar-refractivity contribution in [3.8, 4) is 5.69 Å². The summed E-state index contributed by atoms with van der Waals surface area (Å²) in [6, 6.07) is 6.93. The number of nitrogen functional groups attached to an aromatic ring is 1. The Hall–Kier alpha value is -3.30. The molecule has 0 saturated heterocycles. The number of nitrogens with zero attached hydrogens (tertiary/aromatic N) is 6. The van der Waals surface area contributed by atoms with Gasteiger partial charge in [-0.15, -0.1) is 5.10 Å². The van der Waals surface area contributed by atoms with Crippen molar-refractivity contribution in [2.45, 2.75) is 0 Å². The number of carbonyl (C=O) groups excluding carboxylic acids is 1. The first-order valence-corrected chi connectivity index (χ1v) is 5.47. The normalized spacial score (nSPS) is 10.4. The molecule has 3 aromatic rings. The van der Waals surface area contributed by atoms with Gasteiger partial charge in [-0.3, -0.25) is 4.79 Å². The average Bonchev–Trinajstić information content (AvgIpc) is 3.09. The van der Waals surface area contributed by atoms with Gasteiger partial charge in [-0.1, -0.05) is 6.07 Å². The first-order valence-electron chi connectivity index (χ1n) is 5.47. The lowest BCUT2D eigenvalue weighted by atomic mass is 10.2. The molecule has 0 bridgehead atoms. The maximum Gasteiger partial charge on any atom is 0.281 e. The van der Waals surface area contributed by atoms with Crippen LogP contribution in [0.25, 0.3) is 5.69 Å². The zero-order chi connectivity index (χ0) is 13.9. The number of hydrogen-bond acceptors (Lipinski definition) is 8. The van der Waals surface area contributed by atoms with Gasteiger partial charge in [-0.05, 0) is 38.9 Å². The molecule has 0 fully saturated rings. The van der Waals surface area contributed by atoms with E-state index in [2.05, 4.69) is 35.8 Å². The van der Waals surface area contributed by atoms with Crippen molar-refractivity contribution < 1.29 is 9.42 Å². The van der Waals surface area contributed by atoms with E-state index in [-0.39, 0.29) is 11.5 Å². The third kappa shape index (κ3) is 2.16. The van der Waals surface area contributed by atoms with Gasteiger partial charge in [0.2, 0.25) is 11.5 Å². The monoisotopic (exact) mass is 272 g/mol. The Morgan fingerprint density at radius 3 is 2.95 bits per heavy atom. The number of hydrogen-bond donors (Lipinski definition) is 2. The SMILES string of the molecule is Nc1nonc1C(=O)Nc1cccc(-n2cnnn2)c1. The van der Waals surface area contributed by atoms with Gasteiger partial charge < -0.3 is 11.1 Å². The summed E-state index contributed by atoms with van der Waals surface area (Å²) in [7, 11) is 0. The van der Waals surface area contributed by atoms with Crippen LogP contribution in [0.1, 0.15) is 10.5 Å². The number of amides is 1. The summed E-state index contributed by atoms with van der Waals surface area (Å²) in [5, 5.41) is 20.2. The number of rotatable bonds is 3. The third-order valence-electron chi connectivity index (χ3n) is 2.45. The molecular formula is C10H8N8O2. The molecule has 2 heterocycles. The van der Waals surface area contributed by atoms with Crippen molar-refractivity contribution in [3.63, 3.8) is 0 Å². The molecule has 0 unspecified atom stereocenters. The van der Waals surface area contributed by atoms with Gasteiger partial charge in [0.1, 0.15) is 6.33 Å². The summed E-state index contributed by atoms with van der Waals surface area (Å²) in [5.74, 6) is -0.586. The van der Waals surface area contributed by atoms with Gasteiger partial charge in [-0.2, -0.15) is 0 Å². The van der Waals surface area contributed by atoms with Crippen molar-refractivity contribution in [1.29, 1.82) is 0 Å². The first kappa shape index (κ1) is 11.8. The Balaban J connectivity index is 1.83. The molecule has 100 valence electrons. The third-order valence-corrected chi connectivity index (χ3v) is 2.45. The average molecular weight is 272 g/mol. The van der Waals surface area contributed by atoms with Crippen molar-refractivity contribution in [3.05, 3.63) is 36.3 Å². The Labute approximate surface area is 111 Å². The van der Waals surface area contributed by atoms with Gasteiger partial charge in [0, 0.05) is 5.69 Å². The molecule has 2 aromatic heterocycles. The van der Waals surface area contributed by atoms with Crippen LogP contribution in [-0.2, 0) is 0 Å². The lowest BCUT2D eigenvalue weighted by molar-refractivity contribution is 0.101. The van der Waals surface area contributed by atoms with Gasteiger partial charge in [0.25, 0.3) is 5.91 Å². The topological polar surface area (TPSA) is 138 Å². The molecule has 3 N–H and O–H groups in total.